The van der Waals surface area contributed by atoms with Gasteiger partial charge in [0.05, 0.1) is 5.56 Å². The van der Waals surface area contributed by atoms with Gasteiger partial charge in [0.25, 0.3) is 0 Å². The molecule has 2 nitrogen and oxygen atoms in total. The third kappa shape index (κ3) is 8.71. The molecule has 0 aliphatic carbocycles. The van der Waals surface area contributed by atoms with E-state index in [1.165, 1.54) is 32.1 Å². The van der Waals surface area contributed by atoms with Crippen molar-refractivity contribution in [3.63, 3.8) is 0 Å². The van der Waals surface area contributed by atoms with Gasteiger partial charge in [0, 0.05) is 0 Å². The van der Waals surface area contributed by atoms with Crippen LogP contribution in [0.25, 0.3) is 0 Å². The first kappa shape index (κ1) is 18.0. The molecule has 116 valence electrons. The van der Waals surface area contributed by atoms with E-state index in [2.05, 4.69) is 22.5 Å². The molecular formula is C18H25BrO2. The largest absolute Gasteiger partial charge is 0.447 e. The van der Waals surface area contributed by atoms with Crippen LogP contribution in [0.3, 0.4) is 0 Å². The third-order valence-electron chi connectivity index (χ3n) is 3.33. The van der Waals surface area contributed by atoms with Gasteiger partial charge >= 0.3 is 5.97 Å². The van der Waals surface area contributed by atoms with E-state index in [1.807, 2.05) is 24.3 Å². The van der Waals surface area contributed by atoms with Gasteiger partial charge in [-0.1, -0.05) is 50.0 Å². The van der Waals surface area contributed by atoms with Crippen LogP contribution in [0, 0.1) is 0 Å². The first-order chi connectivity index (χ1) is 10.2. The molecule has 0 N–H and O–H groups in total. The summed E-state index contributed by atoms with van der Waals surface area (Å²) in [7, 11) is 0. The van der Waals surface area contributed by atoms with Gasteiger partial charge in [-0.25, -0.2) is 4.79 Å². The molecule has 0 radical (unpaired) electrons. The molecule has 1 atom stereocenters. The SMILES string of the molecule is C=CCCCCCCCCC(Br)OC(=O)c1ccccc1. The Balaban J connectivity index is 2.05. The first-order valence-electron chi connectivity index (χ1n) is 7.75. The van der Waals surface area contributed by atoms with Crippen molar-refractivity contribution in [2.24, 2.45) is 0 Å². The lowest BCUT2D eigenvalue weighted by atomic mass is 10.1. The van der Waals surface area contributed by atoms with Gasteiger partial charge in [-0.2, -0.15) is 0 Å². The van der Waals surface area contributed by atoms with Crippen LogP contribution in [0.5, 0.6) is 0 Å². The summed E-state index contributed by atoms with van der Waals surface area (Å²) in [5.74, 6) is -0.262. The Bertz CT molecular complexity index is 403. The summed E-state index contributed by atoms with van der Waals surface area (Å²) in [5, 5.41) is -0.189. The Kier molecular flexibility index (Phi) is 9.88. The molecule has 3 heteroatoms. The summed E-state index contributed by atoms with van der Waals surface area (Å²) in [5.41, 5.74) is 0.601. The predicted molar refractivity (Wildman–Crippen MR) is 91.7 cm³/mol. The lowest BCUT2D eigenvalue weighted by molar-refractivity contribution is 0.0455. The van der Waals surface area contributed by atoms with Crippen molar-refractivity contribution < 1.29 is 9.53 Å². The average Bonchev–Trinajstić information content (AvgIpc) is 2.50. The second kappa shape index (κ2) is 11.6. The van der Waals surface area contributed by atoms with E-state index in [0.29, 0.717) is 5.56 Å². The quantitative estimate of drug-likeness (QED) is 0.215. The molecule has 0 aliphatic heterocycles. The highest BCUT2D eigenvalue weighted by Crippen LogP contribution is 2.16. The maximum Gasteiger partial charge on any atom is 0.339 e. The molecule has 21 heavy (non-hydrogen) atoms. The standard InChI is InChI=1S/C18H25BrO2/c1-2-3-4-5-6-7-8-12-15-17(19)21-18(20)16-13-10-9-11-14-16/h2,9-11,13-14,17H,1,3-8,12,15H2. The molecular weight excluding hydrogens is 328 g/mol. The lowest BCUT2D eigenvalue weighted by Crippen LogP contribution is -2.12. The second-order valence-electron chi connectivity index (χ2n) is 5.17. The van der Waals surface area contributed by atoms with Crippen molar-refractivity contribution in [3.8, 4) is 0 Å². The van der Waals surface area contributed by atoms with Gasteiger partial charge in [-0.15, -0.1) is 6.58 Å². The first-order valence-corrected chi connectivity index (χ1v) is 8.66. The minimum Gasteiger partial charge on any atom is -0.447 e. The monoisotopic (exact) mass is 352 g/mol. The molecule has 0 saturated carbocycles. The van der Waals surface area contributed by atoms with Gasteiger partial charge in [-0.05, 0) is 53.7 Å². The highest BCUT2D eigenvalue weighted by atomic mass is 79.9. The molecule has 0 aliphatic rings. The van der Waals surface area contributed by atoms with Crippen LogP contribution in [0.2, 0.25) is 0 Å². The molecule has 0 heterocycles. The summed E-state index contributed by atoms with van der Waals surface area (Å²) < 4.78 is 5.36. The number of hydrogen-bond acceptors (Lipinski definition) is 2. The van der Waals surface area contributed by atoms with Crippen LogP contribution in [0.15, 0.2) is 43.0 Å². The van der Waals surface area contributed by atoms with Crippen LogP contribution in [0.1, 0.15) is 61.7 Å². The fraction of sp³-hybridized carbons (Fsp3) is 0.500. The number of rotatable bonds is 11. The highest BCUT2D eigenvalue weighted by Gasteiger charge is 2.12. The van der Waals surface area contributed by atoms with E-state index in [4.69, 9.17) is 4.74 Å². The molecule has 1 unspecified atom stereocenters. The zero-order valence-corrected chi connectivity index (χ0v) is 14.2. The molecule has 0 fully saturated rings. The number of esters is 1. The number of carbonyl (C=O) groups excluding carboxylic acids is 1. The van der Waals surface area contributed by atoms with E-state index in [9.17, 15) is 4.79 Å². The van der Waals surface area contributed by atoms with E-state index in [1.54, 1.807) is 12.1 Å². The Morgan fingerprint density at radius 1 is 1.10 bits per heavy atom. The van der Waals surface area contributed by atoms with Gasteiger partial charge in [-0.3, -0.25) is 0 Å². The Morgan fingerprint density at radius 3 is 2.38 bits per heavy atom. The zero-order chi connectivity index (χ0) is 15.3. The average molecular weight is 353 g/mol. The van der Waals surface area contributed by atoms with Gasteiger partial charge < -0.3 is 4.74 Å². The van der Waals surface area contributed by atoms with Crippen molar-refractivity contribution >= 4 is 21.9 Å². The minimum absolute atomic E-state index is 0.189. The summed E-state index contributed by atoms with van der Waals surface area (Å²) in [6, 6.07) is 9.10. The molecule has 0 bridgehead atoms. The number of alkyl halides is 1. The fourth-order valence-corrected chi connectivity index (χ4v) is 2.61. The number of ether oxygens (including phenoxy) is 1. The van der Waals surface area contributed by atoms with E-state index < -0.39 is 0 Å². The normalized spacial score (nSPS) is 11.9. The number of hydrogen-bond donors (Lipinski definition) is 0. The predicted octanol–water partition coefficient (Wildman–Crippen LogP) is 5.87. The van der Waals surface area contributed by atoms with Crippen molar-refractivity contribution in [1.82, 2.24) is 0 Å². The van der Waals surface area contributed by atoms with Crippen LogP contribution in [-0.4, -0.2) is 11.0 Å². The maximum absolute atomic E-state index is 11.8. The van der Waals surface area contributed by atoms with Crippen LogP contribution in [0.4, 0.5) is 0 Å². The van der Waals surface area contributed by atoms with Gasteiger partial charge in [0.15, 0.2) is 5.01 Å². The van der Waals surface area contributed by atoms with E-state index in [-0.39, 0.29) is 11.0 Å². The minimum atomic E-state index is -0.262. The Labute approximate surface area is 136 Å². The van der Waals surface area contributed by atoms with Crippen molar-refractivity contribution in [2.45, 2.75) is 56.4 Å². The third-order valence-corrected chi connectivity index (χ3v) is 3.98. The number of allylic oxidation sites excluding steroid dienone is 1. The summed E-state index contributed by atoms with van der Waals surface area (Å²) in [6.07, 6.45) is 11.3. The maximum atomic E-state index is 11.8. The fourth-order valence-electron chi connectivity index (χ4n) is 2.12. The number of carbonyl (C=O) groups is 1. The molecule has 1 aromatic rings. The molecule has 0 spiro atoms. The Morgan fingerprint density at radius 2 is 1.71 bits per heavy atom. The van der Waals surface area contributed by atoms with Crippen molar-refractivity contribution in [2.75, 3.05) is 0 Å². The molecule has 1 aromatic carbocycles. The summed E-state index contributed by atoms with van der Waals surface area (Å²) in [4.78, 5) is 11.8. The molecule has 0 aromatic heterocycles. The van der Waals surface area contributed by atoms with Gasteiger partial charge in [0.2, 0.25) is 0 Å². The van der Waals surface area contributed by atoms with Crippen LogP contribution < -0.4 is 0 Å². The second-order valence-corrected chi connectivity index (χ2v) is 6.19. The smallest absolute Gasteiger partial charge is 0.339 e. The lowest BCUT2D eigenvalue weighted by Gasteiger charge is -2.11. The van der Waals surface area contributed by atoms with E-state index in [0.717, 1.165) is 19.3 Å². The van der Waals surface area contributed by atoms with Crippen molar-refractivity contribution in [1.29, 1.82) is 0 Å². The number of halogens is 1. The van der Waals surface area contributed by atoms with Crippen molar-refractivity contribution in [3.05, 3.63) is 48.6 Å². The van der Waals surface area contributed by atoms with Crippen LogP contribution in [-0.2, 0) is 4.74 Å². The van der Waals surface area contributed by atoms with Crippen LogP contribution >= 0.6 is 15.9 Å². The molecule has 1 rings (SSSR count). The number of benzene rings is 1. The Hall–Kier alpha value is -1.09. The van der Waals surface area contributed by atoms with Gasteiger partial charge in [0.1, 0.15) is 0 Å². The summed E-state index contributed by atoms with van der Waals surface area (Å²) >= 11 is 3.43. The highest BCUT2D eigenvalue weighted by molar-refractivity contribution is 9.09. The topological polar surface area (TPSA) is 26.3 Å². The summed E-state index contributed by atoms with van der Waals surface area (Å²) in [6.45, 7) is 3.73. The zero-order valence-electron chi connectivity index (χ0n) is 12.6. The molecule has 0 saturated heterocycles. The number of unbranched alkanes of at least 4 members (excludes halogenated alkanes) is 6. The van der Waals surface area contributed by atoms with E-state index >= 15 is 0 Å². The molecule has 0 amide bonds.